The number of aliphatic carboxylic acids is 1. The number of hydrogen-bond acceptors (Lipinski definition) is 3. The van der Waals surface area contributed by atoms with E-state index in [-0.39, 0.29) is 12.8 Å². The van der Waals surface area contributed by atoms with Crippen LogP contribution in [0.15, 0.2) is 0 Å². The Labute approximate surface area is 95.3 Å². The van der Waals surface area contributed by atoms with Gasteiger partial charge in [0.2, 0.25) is 11.8 Å². The first-order chi connectivity index (χ1) is 6.84. The lowest BCUT2D eigenvalue weighted by Gasteiger charge is -2.14. The van der Waals surface area contributed by atoms with Crippen molar-refractivity contribution in [3.05, 3.63) is 0 Å². The molecule has 2 amide bonds. The van der Waals surface area contributed by atoms with Crippen molar-refractivity contribution in [2.24, 2.45) is 5.73 Å². The zero-order valence-corrected chi connectivity index (χ0v) is 9.78. The van der Waals surface area contributed by atoms with Crippen LogP contribution in [0.4, 0.5) is 0 Å². The number of primary amides is 1. The molecule has 0 rings (SSSR count). The van der Waals surface area contributed by atoms with E-state index in [1.165, 1.54) is 0 Å². The number of halogens is 1. The van der Waals surface area contributed by atoms with E-state index in [0.29, 0.717) is 0 Å². The van der Waals surface area contributed by atoms with Crippen molar-refractivity contribution < 1.29 is 19.5 Å². The molecule has 0 saturated carbocycles. The van der Waals surface area contributed by atoms with Crippen LogP contribution in [0.1, 0.15) is 19.8 Å². The van der Waals surface area contributed by atoms with Crippen molar-refractivity contribution in [1.29, 1.82) is 0 Å². The van der Waals surface area contributed by atoms with Gasteiger partial charge in [-0.15, -0.1) is 0 Å². The van der Waals surface area contributed by atoms with Crippen LogP contribution in [-0.2, 0) is 14.4 Å². The van der Waals surface area contributed by atoms with E-state index in [0.717, 1.165) is 0 Å². The van der Waals surface area contributed by atoms with Crippen LogP contribution < -0.4 is 11.1 Å². The van der Waals surface area contributed by atoms with Gasteiger partial charge in [0.25, 0.3) is 0 Å². The third kappa shape index (κ3) is 6.05. The Morgan fingerprint density at radius 3 is 2.33 bits per heavy atom. The van der Waals surface area contributed by atoms with Gasteiger partial charge in [0.05, 0.1) is 4.83 Å². The molecular formula is C8H13BrN2O4. The third-order valence-corrected chi connectivity index (χ3v) is 2.07. The number of carboxylic acids is 1. The van der Waals surface area contributed by atoms with Gasteiger partial charge in [-0.2, -0.15) is 0 Å². The van der Waals surface area contributed by atoms with Crippen molar-refractivity contribution in [1.82, 2.24) is 5.32 Å². The smallest absolute Gasteiger partial charge is 0.326 e. The van der Waals surface area contributed by atoms with Crippen molar-refractivity contribution >= 4 is 33.7 Å². The predicted molar refractivity (Wildman–Crippen MR) is 56.4 cm³/mol. The summed E-state index contributed by atoms with van der Waals surface area (Å²) < 4.78 is 0. The quantitative estimate of drug-likeness (QED) is 0.575. The zero-order chi connectivity index (χ0) is 12.0. The van der Waals surface area contributed by atoms with Crippen LogP contribution in [0.25, 0.3) is 0 Å². The number of amides is 2. The third-order valence-electron chi connectivity index (χ3n) is 1.66. The summed E-state index contributed by atoms with van der Waals surface area (Å²) in [5.74, 6) is -2.22. The maximum Gasteiger partial charge on any atom is 0.326 e. The number of alkyl halides is 1. The second-order valence-corrected chi connectivity index (χ2v) is 4.39. The Morgan fingerprint density at radius 1 is 1.47 bits per heavy atom. The molecule has 0 aliphatic rings. The molecule has 0 spiro atoms. The van der Waals surface area contributed by atoms with Gasteiger partial charge in [-0.05, 0) is 13.3 Å². The summed E-state index contributed by atoms with van der Waals surface area (Å²) in [5, 5.41) is 11.0. The Bertz CT molecular complexity index is 267. The molecule has 86 valence electrons. The number of nitrogens with one attached hydrogen (secondary N) is 1. The molecule has 0 fully saturated rings. The maximum atomic E-state index is 11.2. The molecule has 4 N–H and O–H groups in total. The van der Waals surface area contributed by atoms with Gasteiger partial charge in [0.15, 0.2) is 0 Å². The van der Waals surface area contributed by atoms with Gasteiger partial charge in [-0.1, -0.05) is 15.9 Å². The Kier molecular flexibility index (Phi) is 5.92. The van der Waals surface area contributed by atoms with E-state index in [4.69, 9.17) is 10.8 Å². The van der Waals surface area contributed by atoms with Crippen LogP contribution >= 0.6 is 15.9 Å². The van der Waals surface area contributed by atoms with E-state index in [2.05, 4.69) is 21.2 Å². The highest BCUT2D eigenvalue weighted by Gasteiger charge is 2.21. The molecule has 2 atom stereocenters. The highest BCUT2D eigenvalue weighted by molar-refractivity contribution is 9.10. The normalized spacial score (nSPS) is 14.0. The number of rotatable bonds is 6. The molecule has 0 heterocycles. The Balaban J connectivity index is 4.22. The van der Waals surface area contributed by atoms with Crippen LogP contribution in [-0.4, -0.2) is 33.8 Å². The molecule has 0 aromatic rings. The maximum absolute atomic E-state index is 11.2. The summed E-state index contributed by atoms with van der Waals surface area (Å²) in [5.41, 5.74) is 4.88. The fraction of sp³-hybridized carbons (Fsp3) is 0.625. The van der Waals surface area contributed by atoms with E-state index >= 15 is 0 Å². The minimum atomic E-state index is -1.18. The van der Waals surface area contributed by atoms with Crippen LogP contribution in [0.3, 0.4) is 0 Å². The molecule has 6 nitrogen and oxygen atoms in total. The van der Waals surface area contributed by atoms with Gasteiger partial charge < -0.3 is 16.2 Å². The van der Waals surface area contributed by atoms with E-state index in [1.807, 2.05) is 0 Å². The highest BCUT2D eigenvalue weighted by atomic mass is 79.9. The number of hydrogen-bond donors (Lipinski definition) is 3. The molecule has 0 aliphatic carbocycles. The second-order valence-electron chi connectivity index (χ2n) is 3.02. The lowest BCUT2D eigenvalue weighted by atomic mass is 10.1. The standard InChI is InChI=1S/C8H13BrN2O4/c1-4(9)7(13)11-5(8(14)15)2-3-6(10)12/h4-5H,2-3H2,1H3,(H2,10,12)(H,11,13)(H,14,15)/t4-,5+/m1/s1. The average molecular weight is 281 g/mol. The van der Waals surface area contributed by atoms with Gasteiger partial charge in [0, 0.05) is 6.42 Å². The molecule has 0 radical (unpaired) electrons. The molecule has 15 heavy (non-hydrogen) atoms. The number of nitrogens with two attached hydrogens (primary N) is 1. The topological polar surface area (TPSA) is 109 Å². The molecule has 0 saturated heterocycles. The van der Waals surface area contributed by atoms with Crippen LogP contribution in [0.5, 0.6) is 0 Å². The SMILES string of the molecule is C[C@@H](Br)C(=O)N[C@@H](CCC(N)=O)C(=O)O. The first kappa shape index (κ1) is 13.9. The minimum Gasteiger partial charge on any atom is -0.480 e. The summed E-state index contributed by atoms with van der Waals surface area (Å²) in [4.78, 5) is 31.8. The number of carboxylic acid groups (broad SMARTS) is 1. The van der Waals surface area contributed by atoms with Crippen molar-refractivity contribution in [3.8, 4) is 0 Å². The lowest BCUT2D eigenvalue weighted by Crippen LogP contribution is -2.43. The predicted octanol–water partition coefficient (Wildman–Crippen LogP) is -0.395. The summed E-state index contributed by atoms with van der Waals surface area (Å²) in [6, 6.07) is -1.08. The molecular weight excluding hydrogens is 268 g/mol. The Hall–Kier alpha value is -1.11. The van der Waals surface area contributed by atoms with E-state index in [9.17, 15) is 14.4 Å². The van der Waals surface area contributed by atoms with Crippen molar-refractivity contribution in [2.45, 2.75) is 30.6 Å². The fourth-order valence-electron chi connectivity index (χ4n) is 0.831. The average Bonchev–Trinajstić information content (AvgIpc) is 2.10. The second kappa shape index (κ2) is 6.39. The molecule has 0 aromatic heterocycles. The molecule has 7 heteroatoms. The van der Waals surface area contributed by atoms with Crippen LogP contribution in [0.2, 0.25) is 0 Å². The Morgan fingerprint density at radius 2 is 2.00 bits per heavy atom. The van der Waals surface area contributed by atoms with Gasteiger partial charge in [-0.25, -0.2) is 4.79 Å². The first-order valence-electron chi connectivity index (χ1n) is 4.30. The minimum absolute atomic E-state index is 0.00384. The van der Waals surface area contributed by atoms with Crippen molar-refractivity contribution in [2.75, 3.05) is 0 Å². The fourth-order valence-corrected chi connectivity index (χ4v) is 0.963. The number of carbonyl (C=O) groups is 3. The molecule has 0 aromatic carbocycles. The molecule has 0 aliphatic heterocycles. The molecule has 0 unspecified atom stereocenters. The summed E-state index contributed by atoms with van der Waals surface area (Å²) in [6.07, 6.45) is -0.0793. The largest absolute Gasteiger partial charge is 0.480 e. The summed E-state index contributed by atoms with van der Waals surface area (Å²) in [7, 11) is 0. The van der Waals surface area contributed by atoms with Crippen molar-refractivity contribution in [3.63, 3.8) is 0 Å². The summed E-state index contributed by atoms with van der Waals surface area (Å²) in [6.45, 7) is 1.57. The van der Waals surface area contributed by atoms with Gasteiger partial charge in [0.1, 0.15) is 6.04 Å². The lowest BCUT2D eigenvalue weighted by molar-refractivity contribution is -0.142. The number of carbonyl (C=O) groups excluding carboxylic acids is 2. The highest BCUT2D eigenvalue weighted by Crippen LogP contribution is 2.01. The summed E-state index contributed by atoms with van der Waals surface area (Å²) >= 11 is 3.00. The molecule has 0 bridgehead atoms. The monoisotopic (exact) mass is 280 g/mol. The first-order valence-corrected chi connectivity index (χ1v) is 5.21. The van der Waals surface area contributed by atoms with Gasteiger partial charge >= 0.3 is 5.97 Å². The van der Waals surface area contributed by atoms with E-state index < -0.39 is 28.7 Å². The van der Waals surface area contributed by atoms with Crippen LogP contribution in [0, 0.1) is 0 Å². The zero-order valence-electron chi connectivity index (χ0n) is 8.20. The van der Waals surface area contributed by atoms with E-state index in [1.54, 1.807) is 6.92 Å². The van der Waals surface area contributed by atoms with Gasteiger partial charge in [-0.3, -0.25) is 9.59 Å².